The summed E-state index contributed by atoms with van der Waals surface area (Å²) in [5.41, 5.74) is -6.65. The highest BCUT2D eigenvalue weighted by Crippen LogP contribution is 2.36. The Kier molecular flexibility index (Phi) is 7.42. The Bertz CT molecular complexity index is 1060. The summed E-state index contributed by atoms with van der Waals surface area (Å²) in [6.45, 7) is 6.11. The van der Waals surface area contributed by atoms with Crippen molar-refractivity contribution in [1.82, 2.24) is 4.90 Å². The van der Waals surface area contributed by atoms with Crippen molar-refractivity contribution in [2.24, 2.45) is 11.1 Å². The first kappa shape index (κ1) is 26.2. The highest BCUT2D eigenvalue weighted by atomic mass is 32.2. The highest BCUT2D eigenvalue weighted by molar-refractivity contribution is 7.92. The number of nitrogens with one attached hydrogen (secondary N) is 1. The molecule has 1 heterocycles. The molecule has 3 N–H and O–H groups in total. The first-order chi connectivity index (χ1) is 14.4. The number of carbonyl (C=O) groups excluding carboxylic acids is 1. The SMILES string of the molecule is CC(C)(C)OC(=O)N1CCC(CNc2ccc(S(N)(=O)=O)cc2S(=O)(=O)C(F)(F)F)CC1. The van der Waals surface area contributed by atoms with E-state index >= 15 is 0 Å². The Morgan fingerprint density at radius 2 is 1.72 bits per heavy atom. The minimum absolute atomic E-state index is 0.0620. The van der Waals surface area contributed by atoms with E-state index in [1.165, 1.54) is 4.90 Å². The molecule has 1 fully saturated rings. The molecule has 14 heteroatoms. The number of amides is 1. The van der Waals surface area contributed by atoms with E-state index in [1.807, 2.05) is 0 Å². The minimum atomic E-state index is -5.83. The quantitative estimate of drug-likeness (QED) is 0.633. The number of likely N-dealkylation sites (tertiary alicyclic amines) is 1. The van der Waals surface area contributed by atoms with Gasteiger partial charge < -0.3 is 15.0 Å². The van der Waals surface area contributed by atoms with Crippen LogP contribution in [-0.4, -0.2) is 58.6 Å². The van der Waals surface area contributed by atoms with Crippen LogP contribution in [0.2, 0.25) is 0 Å². The van der Waals surface area contributed by atoms with Gasteiger partial charge in [0.25, 0.3) is 9.84 Å². The summed E-state index contributed by atoms with van der Waals surface area (Å²) in [6, 6.07) is 2.26. The lowest BCUT2D eigenvalue weighted by molar-refractivity contribution is -0.0435. The smallest absolute Gasteiger partial charge is 0.444 e. The molecule has 32 heavy (non-hydrogen) atoms. The number of anilines is 1. The number of rotatable bonds is 5. The number of hydrogen-bond acceptors (Lipinski definition) is 7. The monoisotopic (exact) mass is 501 g/mol. The maximum absolute atomic E-state index is 13.1. The molecule has 1 aromatic rings. The first-order valence-corrected chi connectivity index (χ1v) is 12.6. The van der Waals surface area contributed by atoms with E-state index in [0.717, 1.165) is 12.1 Å². The van der Waals surface area contributed by atoms with E-state index in [0.29, 0.717) is 32.0 Å². The van der Waals surface area contributed by atoms with Gasteiger partial charge in [0, 0.05) is 19.6 Å². The average molecular weight is 502 g/mol. The molecule has 1 aliphatic rings. The Labute approximate surface area is 185 Å². The predicted octanol–water partition coefficient (Wildman–Crippen LogP) is 2.69. The zero-order valence-electron chi connectivity index (χ0n) is 17.8. The van der Waals surface area contributed by atoms with Gasteiger partial charge in [0.2, 0.25) is 10.0 Å². The third-order valence-electron chi connectivity index (χ3n) is 4.72. The maximum Gasteiger partial charge on any atom is 0.501 e. The fraction of sp³-hybridized carbons (Fsp3) is 0.611. The number of piperidine rings is 1. The summed E-state index contributed by atoms with van der Waals surface area (Å²) < 4.78 is 91.6. The maximum atomic E-state index is 13.1. The van der Waals surface area contributed by atoms with Crippen LogP contribution in [0.15, 0.2) is 28.0 Å². The second-order valence-electron chi connectivity index (χ2n) is 8.44. The van der Waals surface area contributed by atoms with Gasteiger partial charge in [-0.2, -0.15) is 13.2 Å². The average Bonchev–Trinajstić information content (AvgIpc) is 2.63. The summed E-state index contributed by atoms with van der Waals surface area (Å²) in [6.07, 6.45) is 0.576. The molecule has 1 amide bonds. The topological polar surface area (TPSA) is 136 Å². The van der Waals surface area contributed by atoms with Gasteiger partial charge in [0.15, 0.2) is 0 Å². The molecule has 0 atom stereocenters. The number of halogens is 3. The normalized spacial score (nSPS) is 16.7. The summed E-state index contributed by atoms with van der Waals surface area (Å²) in [5, 5.41) is 7.60. The van der Waals surface area contributed by atoms with Crippen molar-refractivity contribution in [1.29, 1.82) is 0 Å². The minimum Gasteiger partial charge on any atom is -0.444 e. The van der Waals surface area contributed by atoms with Gasteiger partial charge in [-0.1, -0.05) is 0 Å². The summed E-state index contributed by atoms with van der Waals surface area (Å²) in [5.74, 6) is -0.0620. The number of sulfone groups is 1. The molecule has 1 aliphatic heterocycles. The van der Waals surface area contributed by atoms with Crippen molar-refractivity contribution in [2.45, 2.75) is 54.5 Å². The summed E-state index contributed by atoms with van der Waals surface area (Å²) in [7, 11) is -10.3. The van der Waals surface area contributed by atoms with Crippen LogP contribution in [0.4, 0.5) is 23.7 Å². The molecule has 2 rings (SSSR count). The van der Waals surface area contributed by atoms with Gasteiger partial charge >= 0.3 is 11.6 Å². The van der Waals surface area contributed by atoms with Crippen molar-refractivity contribution in [3.8, 4) is 0 Å². The Morgan fingerprint density at radius 3 is 2.19 bits per heavy atom. The Hall–Kier alpha value is -2.06. The van der Waals surface area contributed by atoms with Gasteiger partial charge in [-0.3, -0.25) is 0 Å². The molecule has 1 saturated heterocycles. The number of sulfonamides is 1. The molecule has 9 nitrogen and oxygen atoms in total. The van der Waals surface area contributed by atoms with Gasteiger partial charge in [-0.15, -0.1) is 0 Å². The number of benzene rings is 1. The van der Waals surface area contributed by atoms with E-state index in [-0.39, 0.29) is 18.2 Å². The fourth-order valence-electron chi connectivity index (χ4n) is 3.07. The molecule has 0 bridgehead atoms. The number of nitrogens with two attached hydrogens (primary N) is 1. The number of primary sulfonamides is 1. The first-order valence-electron chi connectivity index (χ1n) is 9.62. The lowest BCUT2D eigenvalue weighted by Gasteiger charge is -2.33. The third kappa shape index (κ3) is 6.48. The van der Waals surface area contributed by atoms with Gasteiger partial charge in [0.1, 0.15) is 10.5 Å². The van der Waals surface area contributed by atoms with Crippen molar-refractivity contribution < 1.29 is 39.5 Å². The standard InChI is InChI=1S/C18H26F3N3O6S2/c1-17(2,3)30-16(25)24-8-6-12(7-9-24)11-23-14-5-4-13(32(22,28)29)10-15(14)31(26,27)18(19,20)21/h4-5,10,12,23H,6-9,11H2,1-3H3,(H2,22,28,29). The molecule has 0 saturated carbocycles. The molecular formula is C18H26F3N3O6S2. The zero-order chi connectivity index (χ0) is 24.5. The van der Waals surface area contributed by atoms with Crippen LogP contribution >= 0.6 is 0 Å². The molecule has 0 aliphatic carbocycles. The van der Waals surface area contributed by atoms with E-state index in [9.17, 15) is 34.8 Å². The van der Waals surface area contributed by atoms with Crippen LogP contribution in [-0.2, 0) is 24.6 Å². The van der Waals surface area contributed by atoms with Crippen LogP contribution in [0.5, 0.6) is 0 Å². The van der Waals surface area contributed by atoms with E-state index < -0.39 is 46.9 Å². The van der Waals surface area contributed by atoms with Crippen molar-refractivity contribution in [3.63, 3.8) is 0 Å². The molecule has 1 aromatic carbocycles. The van der Waals surface area contributed by atoms with Gasteiger partial charge in [-0.25, -0.2) is 26.8 Å². The molecule has 0 aromatic heterocycles. The zero-order valence-corrected chi connectivity index (χ0v) is 19.4. The highest BCUT2D eigenvalue weighted by Gasteiger charge is 2.48. The van der Waals surface area contributed by atoms with Crippen LogP contribution in [0, 0.1) is 5.92 Å². The number of alkyl halides is 3. The predicted molar refractivity (Wildman–Crippen MR) is 110 cm³/mol. The third-order valence-corrected chi connectivity index (χ3v) is 7.16. The van der Waals surface area contributed by atoms with Crippen molar-refractivity contribution in [3.05, 3.63) is 18.2 Å². The number of carbonyl (C=O) groups is 1. The molecular weight excluding hydrogens is 475 g/mol. The van der Waals surface area contributed by atoms with Crippen LogP contribution in [0.25, 0.3) is 0 Å². The van der Waals surface area contributed by atoms with Crippen LogP contribution in [0.3, 0.4) is 0 Å². The molecule has 182 valence electrons. The fourth-order valence-corrected chi connectivity index (χ4v) is 4.65. The lowest BCUT2D eigenvalue weighted by Crippen LogP contribution is -2.42. The number of nitrogens with zero attached hydrogens (tertiary/aromatic N) is 1. The number of ether oxygens (including phenoxy) is 1. The number of hydrogen-bond donors (Lipinski definition) is 2. The Morgan fingerprint density at radius 1 is 1.16 bits per heavy atom. The van der Waals surface area contributed by atoms with Crippen molar-refractivity contribution >= 4 is 31.6 Å². The Balaban J connectivity index is 2.15. The molecule has 0 unspecified atom stereocenters. The van der Waals surface area contributed by atoms with Crippen LogP contribution in [0.1, 0.15) is 33.6 Å². The van der Waals surface area contributed by atoms with E-state index in [4.69, 9.17) is 9.88 Å². The lowest BCUT2D eigenvalue weighted by atomic mass is 9.97. The van der Waals surface area contributed by atoms with Crippen molar-refractivity contribution in [2.75, 3.05) is 25.0 Å². The van der Waals surface area contributed by atoms with Gasteiger partial charge in [0.05, 0.1) is 10.6 Å². The van der Waals surface area contributed by atoms with E-state index in [2.05, 4.69) is 5.32 Å². The summed E-state index contributed by atoms with van der Waals surface area (Å²) >= 11 is 0. The molecule has 0 radical (unpaired) electrons. The van der Waals surface area contributed by atoms with E-state index in [1.54, 1.807) is 20.8 Å². The second-order valence-corrected chi connectivity index (χ2v) is 11.9. The van der Waals surface area contributed by atoms with Crippen LogP contribution < -0.4 is 10.5 Å². The van der Waals surface area contributed by atoms with Gasteiger partial charge in [-0.05, 0) is 57.7 Å². The summed E-state index contributed by atoms with van der Waals surface area (Å²) in [4.78, 5) is 11.7. The second kappa shape index (κ2) is 9.06. The largest absolute Gasteiger partial charge is 0.501 e. The molecule has 0 spiro atoms.